The highest BCUT2D eigenvalue weighted by atomic mass is 35.5. The van der Waals surface area contributed by atoms with E-state index < -0.39 is 11.4 Å². The lowest BCUT2D eigenvalue weighted by atomic mass is 10.1. The Bertz CT molecular complexity index is 604. The van der Waals surface area contributed by atoms with E-state index in [1.54, 1.807) is 0 Å². The molecule has 1 aromatic carbocycles. The molecule has 17 heavy (non-hydrogen) atoms. The molecule has 0 N–H and O–H groups in total. The molecule has 0 unspecified atom stereocenters. The van der Waals surface area contributed by atoms with Crippen molar-refractivity contribution in [3.05, 3.63) is 45.2 Å². The van der Waals surface area contributed by atoms with Gasteiger partial charge in [0.2, 0.25) is 0 Å². The van der Waals surface area contributed by atoms with Gasteiger partial charge in [0.25, 0.3) is 0 Å². The first-order chi connectivity index (χ1) is 8.13. The van der Waals surface area contributed by atoms with E-state index in [9.17, 15) is 9.18 Å². The first-order valence-corrected chi connectivity index (χ1v) is 5.92. The van der Waals surface area contributed by atoms with E-state index in [1.807, 2.05) is 6.92 Å². The first kappa shape index (κ1) is 12.1. The van der Waals surface area contributed by atoms with Crippen LogP contribution in [-0.4, -0.2) is 0 Å². The third-order valence-corrected chi connectivity index (χ3v) is 3.07. The maximum absolute atomic E-state index is 13.0. The summed E-state index contributed by atoms with van der Waals surface area (Å²) >= 11 is 6.15. The van der Waals surface area contributed by atoms with Crippen LogP contribution in [-0.2, 0) is 6.42 Å². The quantitative estimate of drug-likeness (QED) is 0.831. The number of rotatable bonds is 3. The fourth-order valence-corrected chi connectivity index (χ4v) is 2.03. The molecule has 0 amide bonds. The van der Waals surface area contributed by atoms with E-state index in [4.69, 9.17) is 16.0 Å². The van der Waals surface area contributed by atoms with Gasteiger partial charge in [0, 0.05) is 11.8 Å². The molecule has 2 nitrogen and oxygen atoms in total. The lowest BCUT2D eigenvalue weighted by Crippen LogP contribution is -2.04. The Labute approximate surface area is 103 Å². The van der Waals surface area contributed by atoms with Crippen LogP contribution in [0.2, 0.25) is 5.02 Å². The fraction of sp³-hybridized carbons (Fsp3) is 0.308. The van der Waals surface area contributed by atoms with Gasteiger partial charge >= 0.3 is 5.63 Å². The van der Waals surface area contributed by atoms with Gasteiger partial charge in [-0.05, 0) is 24.6 Å². The summed E-state index contributed by atoms with van der Waals surface area (Å²) in [6.45, 7) is 2.04. The van der Waals surface area contributed by atoms with Crippen LogP contribution in [0.4, 0.5) is 4.39 Å². The molecular formula is C13H12ClFO2. The largest absolute Gasteiger partial charge is 0.426 e. The Balaban J connectivity index is 2.64. The molecule has 0 aliphatic heterocycles. The minimum atomic E-state index is -0.532. The Hall–Kier alpha value is -1.35. The Morgan fingerprint density at radius 1 is 1.35 bits per heavy atom. The van der Waals surface area contributed by atoms with Gasteiger partial charge in [-0.1, -0.05) is 24.9 Å². The van der Waals surface area contributed by atoms with Crippen LogP contribution < -0.4 is 5.63 Å². The summed E-state index contributed by atoms with van der Waals surface area (Å²) in [5.74, 6) is 0.0137. The number of halogens is 2. The van der Waals surface area contributed by atoms with E-state index in [2.05, 4.69) is 0 Å². The normalized spacial score (nSPS) is 11.0. The zero-order valence-electron chi connectivity index (χ0n) is 9.43. The second-order valence-electron chi connectivity index (χ2n) is 3.92. The maximum atomic E-state index is 13.0. The zero-order valence-corrected chi connectivity index (χ0v) is 10.2. The molecule has 90 valence electrons. The van der Waals surface area contributed by atoms with Gasteiger partial charge in [-0.15, -0.1) is 0 Å². The van der Waals surface area contributed by atoms with Crippen LogP contribution in [0.1, 0.15) is 25.5 Å². The number of unbranched alkanes of at least 4 members (excludes halogenated alkanes) is 1. The van der Waals surface area contributed by atoms with Crippen LogP contribution in [0.25, 0.3) is 10.8 Å². The van der Waals surface area contributed by atoms with Gasteiger partial charge in [-0.2, -0.15) is 0 Å². The van der Waals surface area contributed by atoms with Crippen LogP contribution in [0.5, 0.6) is 0 Å². The predicted octanol–water partition coefficient (Wildman–Crippen LogP) is 3.93. The molecule has 0 spiro atoms. The summed E-state index contributed by atoms with van der Waals surface area (Å²) < 4.78 is 18.2. The molecule has 0 atom stereocenters. The van der Waals surface area contributed by atoms with Crippen LogP contribution >= 0.6 is 11.6 Å². The third kappa shape index (κ3) is 2.34. The van der Waals surface area contributed by atoms with Crippen molar-refractivity contribution >= 4 is 22.4 Å². The van der Waals surface area contributed by atoms with Crippen molar-refractivity contribution in [3.63, 3.8) is 0 Å². The van der Waals surface area contributed by atoms with Gasteiger partial charge < -0.3 is 4.42 Å². The third-order valence-electron chi connectivity index (χ3n) is 2.66. The smallest absolute Gasteiger partial charge is 0.344 e. The predicted molar refractivity (Wildman–Crippen MR) is 66.1 cm³/mol. The van der Waals surface area contributed by atoms with Gasteiger partial charge in [-0.3, -0.25) is 0 Å². The number of hydrogen-bond acceptors (Lipinski definition) is 2. The highest BCUT2D eigenvalue weighted by Gasteiger charge is 2.12. The van der Waals surface area contributed by atoms with Crippen LogP contribution in [0, 0.1) is 5.82 Å². The molecule has 0 saturated carbocycles. The molecule has 4 heteroatoms. The summed E-state index contributed by atoms with van der Waals surface area (Å²) in [5.41, 5.74) is -0.532. The molecule has 2 aromatic rings. The van der Waals surface area contributed by atoms with Crippen molar-refractivity contribution < 1.29 is 8.81 Å². The van der Waals surface area contributed by atoms with E-state index in [1.165, 1.54) is 12.1 Å². The molecule has 0 saturated heterocycles. The Morgan fingerprint density at radius 2 is 2.12 bits per heavy atom. The molecule has 0 bridgehead atoms. The second kappa shape index (κ2) is 4.88. The molecule has 0 aliphatic carbocycles. The van der Waals surface area contributed by atoms with Crippen molar-refractivity contribution in [3.8, 4) is 0 Å². The lowest BCUT2D eigenvalue weighted by molar-refractivity contribution is 0.460. The van der Waals surface area contributed by atoms with Crippen LogP contribution in [0.15, 0.2) is 27.4 Å². The molecule has 0 radical (unpaired) electrons. The molecule has 0 fully saturated rings. The summed E-state index contributed by atoms with van der Waals surface area (Å²) in [6, 6.07) is 3.95. The summed E-state index contributed by atoms with van der Waals surface area (Å²) in [7, 11) is 0. The van der Waals surface area contributed by atoms with Crippen LogP contribution in [0.3, 0.4) is 0 Å². The van der Waals surface area contributed by atoms with E-state index in [0.29, 0.717) is 22.6 Å². The number of hydrogen-bond donors (Lipinski definition) is 0. The zero-order chi connectivity index (χ0) is 12.4. The van der Waals surface area contributed by atoms with Crippen molar-refractivity contribution in [1.82, 2.24) is 0 Å². The topological polar surface area (TPSA) is 30.2 Å². The highest BCUT2D eigenvalue weighted by Crippen LogP contribution is 2.26. The SMILES string of the molecule is CCCCc1oc(=O)c2cc(F)ccc2c1Cl. The molecule has 2 rings (SSSR count). The van der Waals surface area contributed by atoms with Crippen molar-refractivity contribution in [2.24, 2.45) is 0 Å². The van der Waals surface area contributed by atoms with E-state index in [0.717, 1.165) is 18.9 Å². The van der Waals surface area contributed by atoms with Crippen molar-refractivity contribution in [2.75, 3.05) is 0 Å². The van der Waals surface area contributed by atoms with E-state index in [-0.39, 0.29) is 5.39 Å². The van der Waals surface area contributed by atoms with Gasteiger partial charge in [0.05, 0.1) is 10.4 Å². The maximum Gasteiger partial charge on any atom is 0.344 e. The first-order valence-electron chi connectivity index (χ1n) is 5.54. The average Bonchev–Trinajstić information content (AvgIpc) is 2.32. The molecule has 1 heterocycles. The van der Waals surface area contributed by atoms with Gasteiger partial charge in [0.15, 0.2) is 0 Å². The summed E-state index contributed by atoms with van der Waals surface area (Å²) in [5, 5.41) is 1.15. The fourth-order valence-electron chi connectivity index (χ4n) is 1.74. The molecule has 1 aromatic heterocycles. The second-order valence-corrected chi connectivity index (χ2v) is 4.30. The Kier molecular flexibility index (Phi) is 3.48. The van der Waals surface area contributed by atoms with Gasteiger partial charge in [-0.25, -0.2) is 9.18 Å². The van der Waals surface area contributed by atoms with Gasteiger partial charge in [0.1, 0.15) is 11.6 Å². The monoisotopic (exact) mass is 254 g/mol. The standard InChI is InChI=1S/C13H12ClFO2/c1-2-3-4-11-12(14)9-6-5-8(15)7-10(9)13(16)17-11/h5-7H,2-4H2,1H3. The minimum Gasteiger partial charge on any atom is -0.426 e. The average molecular weight is 255 g/mol. The van der Waals surface area contributed by atoms with Crippen molar-refractivity contribution in [2.45, 2.75) is 26.2 Å². The lowest BCUT2D eigenvalue weighted by Gasteiger charge is -2.05. The molecule has 0 aliphatic rings. The number of fused-ring (bicyclic) bond motifs is 1. The highest BCUT2D eigenvalue weighted by molar-refractivity contribution is 6.35. The van der Waals surface area contributed by atoms with Crippen molar-refractivity contribution in [1.29, 1.82) is 0 Å². The summed E-state index contributed by atoms with van der Waals surface area (Å²) in [4.78, 5) is 11.7. The summed E-state index contributed by atoms with van der Waals surface area (Å²) in [6.07, 6.45) is 2.51. The van der Waals surface area contributed by atoms with E-state index >= 15 is 0 Å². The molecular weight excluding hydrogens is 243 g/mol. The number of aryl methyl sites for hydroxylation is 1. The Morgan fingerprint density at radius 3 is 2.82 bits per heavy atom. The number of benzene rings is 1. The minimum absolute atomic E-state index is 0.190.